The molecule has 17 heavy (non-hydrogen) atoms. The highest BCUT2D eigenvalue weighted by atomic mass is 15.3. The molecule has 2 N–H and O–H groups in total. The standard InChI is InChI=1S/C13H18N4/c1-17(9-10-5-4-8-14-10)13-15-11-6-2-3-7-12(11)16-13/h2-3,6-7,10,14H,4-5,8-9H2,1H3,(H,15,16). The van der Waals surface area contributed by atoms with Gasteiger partial charge >= 0.3 is 0 Å². The van der Waals surface area contributed by atoms with Crippen molar-refractivity contribution >= 4 is 17.0 Å². The van der Waals surface area contributed by atoms with Crippen LogP contribution in [-0.2, 0) is 0 Å². The normalized spacial score (nSPS) is 19.9. The zero-order valence-electron chi connectivity index (χ0n) is 10.1. The topological polar surface area (TPSA) is 44.0 Å². The molecular formula is C13H18N4. The van der Waals surface area contributed by atoms with E-state index in [1.807, 2.05) is 18.2 Å². The third-order valence-electron chi connectivity index (χ3n) is 3.40. The second-order valence-corrected chi connectivity index (χ2v) is 4.75. The van der Waals surface area contributed by atoms with Gasteiger partial charge in [-0.15, -0.1) is 0 Å². The van der Waals surface area contributed by atoms with E-state index in [2.05, 4.69) is 33.3 Å². The molecule has 0 radical (unpaired) electrons. The van der Waals surface area contributed by atoms with Gasteiger partial charge in [0.05, 0.1) is 11.0 Å². The summed E-state index contributed by atoms with van der Waals surface area (Å²) >= 11 is 0. The van der Waals surface area contributed by atoms with Gasteiger partial charge in [0.2, 0.25) is 5.95 Å². The molecule has 1 fully saturated rings. The third-order valence-corrected chi connectivity index (χ3v) is 3.40. The maximum Gasteiger partial charge on any atom is 0.203 e. The molecule has 2 aromatic rings. The molecule has 1 aliphatic heterocycles. The Kier molecular flexibility index (Phi) is 2.73. The van der Waals surface area contributed by atoms with Crippen molar-refractivity contribution in [2.24, 2.45) is 0 Å². The van der Waals surface area contributed by atoms with Gasteiger partial charge in [0.1, 0.15) is 0 Å². The van der Waals surface area contributed by atoms with E-state index < -0.39 is 0 Å². The summed E-state index contributed by atoms with van der Waals surface area (Å²) in [6, 6.07) is 8.76. The van der Waals surface area contributed by atoms with Gasteiger partial charge in [-0.3, -0.25) is 0 Å². The Morgan fingerprint density at radius 3 is 3.06 bits per heavy atom. The number of anilines is 1. The van der Waals surface area contributed by atoms with Gasteiger partial charge in [0, 0.05) is 19.6 Å². The lowest BCUT2D eigenvalue weighted by Gasteiger charge is -2.20. The van der Waals surface area contributed by atoms with Crippen LogP contribution in [-0.4, -0.2) is 36.1 Å². The Balaban J connectivity index is 1.77. The Bertz CT molecular complexity index is 466. The first-order chi connectivity index (χ1) is 8.33. The molecule has 0 saturated carbocycles. The minimum atomic E-state index is 0.605. The third kappa shape index (κ3) is 2.13. The fourth-order valence-corrected chi connectivity index (χ4v) is 2.45. The summed E-state index contributed by atoms with van der Waals surface area (Å²) < 4.78 is 0. The molecule has 4 nitrogen and oxygen atoms in total. The average Bonchev–Trinajstić information content (AvgIpc) is 2.96. The molecule has 90 valence electrons. The van der Waals surface area contributed by atoms with Crippen molar-refractivity contribution in [3.63, 3.8) is 0 Å². The molecule has 1 atom stereocenters. The van der Waals surface area contributed by atoms with Crippen LogP contribution in [0.4, 0.5) is 5.95 Å². The van der Waals surface area contributed by atoms with Crippen LogP contribution in [0.15, 0.2) is 24.3 Å². The molecule has 0 amide bonds. The largest absolute Gasteiger partial charge is 0.344 e. The Morgan fingerprint density at radius 1 is 1.41 bits per heavy atom. The highest BCUT2D eigenvalue weighted by Gasteiger charge is 2.17. The lowest BCUT2D eigenvalue weighted by atomic mass is 10.2. The van der Waals surface area contributed by atoms with Crippen molar-refractivity contribution in [2.75, 3.05) is 25.0 Å². The fraction of sp³-hybridized carbons (Fsp3) is 0.462. The Hall–Kier alpha value is -1.55. The fourth-order valence-electron chi connectivity index (χ4n) is 2.45. The van der Waals surface area contributed by atoms with E-state index in [9.17, 15) is 0 Å². The SMILES string of the molecule is CN(CC1CCCN1)c1nc2ccccc2[nH]1. The van der Waals surface area contributed by atoms with Crippen LogP contribution in [0.3, 0.4) is 0 Å². The first-order valence-electron chi connectivity index (χ1n) is 6.22. The quantitative estimate of drug-likeness (QED) is 0.844. The molecule has 1 aromatic heterocycles. The number of H-pyrrole nitrogens is 1. The Labute approximate surface area is 101 Å². The van der Waals surface area contributed by atoms with Gasteiger partial charge in [0.15, 0.2) is 0 Å². The van der Waals surface area contributed by atoms with E-state index in [1.54, 1.807) is 0 Å². The summed E-state index contributed by atoms with van der Waals surface area (Å²) in [7, 11) is 2.09. The number of fused-ring (bicyclic) bond motifs is 1. The van der Waals surface area contributed by atoms with Gasteiger partial charge in [0.25, 0.3) is 0 Å². The van der Waals surface area contributed by atoms with Gasteiger partial charge < -0.3 is 15.2 Å². The lowest BCUT2D eigenvalue weighted by molar-refractivity contribution is 0.595. The van der Waals surface area contributed by atoms with Crippen LogP contribution in [0.25, 0.3) is 11.0 Å². The number of aromatic nitrogens is 2. The number of para-hydroxylation sites is 2. The van der Waals surface area contributed by atoms with Crippen LogP contribution in [0.2, 0.25) is 0 Å². The van der Waals surface area contributed by atoms with E-state index in [4.69, 9.17) is 0 Å². The molecule has 2 heterocycles. The zero-order chi connectivity index (χ0) is 11.7. The van der Waals surface area contributed by atoms with Crippen molar-refractivity contribution in [1.82, 2.24) is 15.3 Å². The van der Waals surface area contributed by atoms with Gasteiger partial charge in [-0.05, 0) is 31.5 Å². The summed E-state index contributed by atoms with van der Waals surface area (Å²) in [4.78, 5) is 10.2. The smallest absolute Gasteiger partial charge is 0.203 e. The van der Waals surface area contributed by atoms with Crippen molar-refractivity contribution in [3.05, 3.63) is 24.3 Å². The van der Waals surface area contributed by atoms with E-state index in [0.717, 1.165) is 30.1 Å². The number of nitrogens with one attached hydrogen (secondary N) is 2. The van der Waals surface area contributed by atoms with E-state index >= 15 is 0 Å². The number of benzene rings is 1. The van der Waals surface area contributed by atoms with Gasteiger partial charge in [-0.25, -0.2) is 4.98 Å². The monoisotopic (exact) mass is 230 g/mol. The van der Waals surface area contributed by atoms with Crippen LogP contribution < -0.4 is 10.2 Å². The molecule has 1 unspecified atom stereocenters. The molecule has 0 bridgehead atoms. The number of aromatic amines is 1. The molecule has 1 saturated heterocycles. The molecular weight excluding hydrogens is 212 g/mol. The van der Waals surface area contributed by atoms with E-state index in [0.29, 0.717) is 6.04 Å². The highest BCUT2D eigenvalue weighted by Crippen LogP contribution is 2.17. The predicted octanol–water partition coefficient (Wildman–Crippen LogP) is 1.75. The van der Waals surface area contributed by atoms with Gasteiger partial charge in [-0.1, -0.05) is 12.1 Å². The second-order valence-electron chi connectivity index (χ2n) is 4.75. The molecule has 0 aliphatic carbocycles. The van der Waals surface area contributed by atoms with Crippen LogP contribution in [0.1, 0.15) is 12.8 Å². The molecule has 4 heteroatoms. The number of likely N-dealkylation sites (N-methyl/N-ethyl adjacent to an activating group) is 1. The number of hydrogen-bond acceptors (Lipinski definition) is 3. The van der Waals surface area contributed by atoms with Crippen LogP contribution >= 0.6 is 0 Å². The van der Waals surface area contributed by atoms with Crippen LogP contribution in [0, 0.1) is 0 Å². The molecule has 3 rings (SSSR count). The minimum absolute atomic E-state index is 0.605. The number of nitrogens with zero attached hydrogens (tertiary/aromatic N) is 2. The predicted molar refractivity (Wildman–Crippen MR) is 70.4 cm³/mol. The van der Waals surface area contributed by atoms with E-state index in [-0.39, 0.29) is 0 Å². The minimum Gasteiger partial charge on any atom is -0.344 e. The summed E-state index contributed by atoms with van der Waals surface area (Å²) in [5, 5.41) is 3.51. The molecule has 0 spiro atoms. The maximum absolute atomic E-state index is 4.60. The average molecular weight is 230 g/mol. The first-order valence-corrected chi connectivity index (χ1v) is 6.22. The Morgan fingerprint density at radius 2 is 2.29 bits per heavy atom. The van der Waals surface area contributed by atoms with Crippen molar-refractivity contribution in [2.45, 2.75) is 18.9 Å². The second kappa shape index (κ2) is 4.37. The lowest BCUT2D eigenvalue weighted by Crippen LogP contribution is -2.35. The summed E-state index contributed by atoms with van der Waals surface area (Å²) in [6.07, 6.45) is 2.56. The maximum atomic E-state index is 4.60. The molecule has 1 aliphatic rings. The zero-order valence-corrected chi connectivity index (χ0v) is 10.1. The number of hydrogen-bond donors (Lipinski definition) is 2. The molecule has 1 aromatic carbocycles. The van der Waals surface area contributed by atoms with Crippen LogP contribution in [0.5, 0.6) is 0 Å². The van der Waals surface area contributed by atoms with E-state index in [1.165, 1.54) is 12.8 Å². The number of rotatable bonds is 3. The summed E-state index contributed by atoms with van der Waals surface area (Å²) in [5.74, 6) is 0.958. The number of imidazole rings is 1. The highest BCUT2D eigenvalue weighted by molar-refractivity contribution is 5.77. The van der Waals surface area contributed by atoms with Crippen molar-refractivity contribution in [1.29, 1.82) is 0 Å². The van der Waals surface area contributed by atoms with Crippen molar-refractivity contribution in [3.8, 4) is 0 Å². The first kappa shape index (κ1) is 10.6. The summed E-state index contributed by atoms with van der Waals surface area (Å²) in [6.45, 7) is 2.17. The summed E-state index contributed by atoms with van der Waals surface area (Å²) in [5.41, 5.74) is 2.14. The van der Waals surface area contributed by atoms with Crippen molar-refractivity contribution < 1.29 is 0 Å². The van der Waals surface area contributed by atoms with Gasteiger partial charge in [-0.2, -0.15) is 0 Å².